The van der Waals surface area contributed by atoms with Gasteiger partial charge in [0.1, 0.15) is 5.75 Å². The fourth-order valence-electron chi connectivity index (χ4n) is 5.06. The SMILES string of the molecule is C=C[C@H]1CN2CCC1C[C@H]2[C@H](O)c1cc(CCCC)nc2ccc(OC)cc12. The van der Waals surface area contributed by atoms with Gasteiger partial charge in [-0.3, -0.25) is 9.88 Å². The molecule has 150 valence electrons. The summed E-state index contributed by atoms with van der Waals surface area (Å²) in [6, 6.07) is 8.30. The lowest BCUT2D eigenvalue weighted by Crippen LogP contribution is -2.54. The number of aliphatic hydroxyl groups is 1. The van der Waals surface area contributed by atoms with Gasteiger partial charge in [-0.1, -0.05) is 19.4 Å². The van der Waals surface area contributed by atoms with Crippen molar-refractivity contribution in [1.29, 1.82) is 0 Å². The number of aliphatic hydroxyl groups excluding tert-OH is 1. The molecule has 0 saturated carbocycles. The van der Waals surface area contributed by atoms with Crippen LogP contribution in [0, 0.1) is 11.8 Å². The topological polar surface area (TPSA) is 45.6 Å². The standard InChI is InChI=1S/C24H32N2O2/c1-4-6-7-18-13-21(20-14-19(28-3)8-9-22(20)25-18)24(27)23-12-17-10-11-26(23)15-16(17)5-2/h5,8-9,13-14,16-17,23-24,27H,2,4,6-7,10-12,15H2,1,3H3/t16-,17?,23-,24+/m0/s1. The number of ether oxygens (including phenoxy) is 1. The number of rotatable bonds is 7. The van der Waals surface area contributed by atoms with Crippen molar-refractivity contribution in [3.05, 3.63) is 48.2 Å². The summed E-state index contributed by atoms with van der Waals surface area (Å²) in [6.45, 7) is 8.31. The highest BCUT2D eigenvalue weighted by Gasteiger charge is 2.42. The van der Waals surface area contributed by atoms with Crippen LogP contribution >= 0.6 is 0 Å². The molecule has 3 aliphatic heterocycles. The van der Waals surface area contributed by atoms with Gasteiger partial charge >= 0.3 is 0 Å². The van der Waals surface area contributed by atoms with Crippen molar-refractivity contribution in [1.82, 2.24) is 9.88 Å². The lowest BCUT2D eigenvalue weighted by molar-refractivity contribution is -0.0445. The molecule has 3 fully saturated rings. The van der Waals surface area contributed by atoms with Crippen LogP contribution < -0.4 is 4.74 Å². The fraction of sp³-hybridized carbons (Fsp3) is 0.542. The number of methoxy groups -OCH3 is 1. The number of nitrogens with zero attached hydrogens (tertiary/aromatic N) is 2. The number of aryl methyl sites for hydroxylation is 1. The van der Waals surface area contributed by atoms with E-state index in [-0.39, 0.29) is 6.04 Å². The fourth-order valence-corrected chi connectivity index (χ4v) is 5.06. The van der Waals surface area contributed by atoms with E-state index >= 15 is 0 Å². The molecule has 4 heteroatoms. The number of unbranched alkanes of at least 4 members (excludes halogenated alkanes) is 1. The zero-order valence-electron chi connectivity index (χ0n) is 17.1. The third-order valence-corrected chi connectivity index (χ3v) is 6.72. The van der Waals surface area contributed by atoms with E-state index < -0.39 is 6.10 Å². The lowest BCUT2D eigenvalue weighted by Gasteiger charge is -2.50. The Bertz CT molecular complexity index is 850. The van der Waals surface area contributed by atoms with Gasteiger partial charge < -0.3 is 9.84 Å². The van der Waals surface area contributed by atoms with Gasteiger partial charge in [-0.2, -0.15) is 0 Å². The molecule has 0 spiro atoms. The van der Waals surface area contributed by atoms with E-state index in [9.17, 15) is 5.11 Å². The maximum absolute atomic E-state index is 11.5. The average molecular weight is 381 g/mol. The summed E-state index contributed by atoms with van der Waals surface area (Å²) in [5, 5.41) is 12.5. The van der Waals surface area contributed by atoms with Crippen molar-refractivity contribution >= 4 is 10.9 Å². The summed E-state index contributed by atoms with van der Waals surface area (Å²) in [7, 11) is 1.68. The summed E-state index contributed by atoms with van der Waals surface area (Å²) in [4.78, 5) is 7.32. The molecule has 3 aliphatic rings. The molecular formula is C24H32N2O2. The van der Waals surface area contributed by atoms with Crippen molar-refractivity contribution in [3.8, 4) is 5.75 Å². The third-order valence-electron chi connectivity index (χ3n) is 6.72. The van der Waals surface area contributed by atoms with E-state index in [4.69, 9.17) is 9.72 Å². The third kappa shape index (κ3) is 3.56. The van der Waals surface area contributed by atoms with Crippen LogP contribution in [0.3, 0.4) is 0 Å². The molecule has 4 nitrogen and oxygen atoms in total. The van der Waals surface area contributed by atoms with Gasteiger partial charge in [-0.25, -0.2) is 0 Å². The Hall–Kier alpha value is -1.91. The monoisotopic (exact) mass is 380 g/mol. The normalized spacial score (nSPS) is 27.7. The molecule has 3 saturated heterocycles. The molecule has 2 bridgehead atoms. The van der Waals surface area contributed by atoms with Crippen LogP contribution in [-0.4, -0.2) is 41.2 Å². The highest BCUT2D eigenvalue weighted by Crippen LogP contribution is 2.42. The summed E-state index contributed by atoms with van der Waals surface area (Å²) in [5.74, 6) is 2.01. The molecule has 2 aromatic rings. The van der Waals surface area contributed by atoms with Gasteiger partial charge in [0.2, 0.25) is 0 Å². The number of hydrogen-bond acceptors (Lipinski definition) is 4. The minimum atomic E-state index is -0.508. The minimum Gasteiger partial charge on any atom is -0.497 e. The molecular weight excluding hydrogens is 348 g/mol. The van der Waals surface area contributed by atoms with Crippen LogP contribution in [0.2, 0.25) is 0 Å². The number of aromatic nitrogens is 1. The second kappa shape index (κ2) is 8.22. The van der Waals surface area contributed by atoms with Crippen LogP contribution in [0.1, 0.15) is 50.0 Å². The van der Waals surface area contributed by atoms with Gasteiger partial charge in [-0.05, 0) is 73.9 Å². The van der Waals surface area contributed by atoms with Crippen LogP contribution in [-0.2, 0) is 6.42 Å². The Morgan fingerprint density at radius 3 is 2.93 bits per heavy atom. The van der Waals surface area contributed by atoms with E-state index in [0.29, 0.717) is 11.8 Å². The van der Waals surface area contributed by atoms with Crippen LogP contribution in [0.25, 0.3) is 10.9 Å². The first kappa shape index (κ1) is 19.4. The molecule has 0 amide bonds. The molecule has 0 aliphatic carbocycles. The van der Waals surface area contributed by atoms with Gasteiger partial charge in [-0.15, -0.1) is 6.58 Å². The van der Waals surface area contributed by atoms with Gasteiger partial charge in [0.05, 0.1) is 18.7 Å². The molecule has 1 aromatic heterocycles. The molecule has 4 heterocycles. The molecule has 5 atom stereocenters. The van der Waals surface area contributed by atoms with E-state index in [2.05, 4.69) is 30.5 Å². The van der Waals surface area contributed by atoms with Crippen molar-refractivity contribution in [3.63, 3.8) is 0 Å². The largest absolute Gasteiger partial charge is 0.497 e. The second-order valence-electron chi connectivity index (χ2n) is 8.38. The van der Waals surface area contributed by atoms with Crippen LogP contribution in [0.15, 0.2) is 36.9 Å². The minimum absolute atomic E-state index is 0.172. The lowest BCUT2D eigenvalue weighted by atomic mass is 9.73. The molecule has 0 radical (unpaired) electrons. The summed E-state index contributed by atoms with van der Waals surface area (Å²) in [6.07, 6.45) is 7.06. The Kier molecular flexibility index (Phi) is 5.70. The van der Waals surface area contributed by atoms with E-state index in [0.717, 1.165) is 66.7 Å². The second-order valence-corrected chi connectivity index (χ2v) is 8.38. The highest BCUT2D eigenvalue weighted by atomic mass is 16.5. The first-order valence-corrected chi connectivity index (χ1v) is 10.7. The number of benzene rings is 1. The molecule has 1 N–H and O–H groups in total. The Morgan fingerprint density at radius 1 is 1.39 bits per heavy atom. The van der Waals surface area contributed by atoms with E-state index in [1.165, 1.54) is 6.42 Å². The first-order valence-electron chi connectivity index (χ1n) is 10.7. The van der Waals surface area contributed by atoms with Crippen LogP contribution in [0.5, 0.6) is 5.75 Å². The maximum Gasteiger partial charge on any atom is 0.119 e. The summed E-state index contributed by atoms with van der Waals surface area (Å²) < 4.78 is 5.44. The molecule has 2 unspecified atom stereocenters. The molecule has 28 heavy (non-hydrogen) atoms. The Morgan fingerprint density at radius 2 is 2.25 bits per heavy atom. The summed E-state index contributed by atoms with van der Waals surface area (Å²) in [5.41, 5.74) is 3.03. The van der Waals surface area contributed by atoms with Crippen molar-refractivity contribution < 1.29 is 9.84 Å². The Balaban J connectivity index is 1.72. The molecule has 1 aromatic carbocycles. The zero-order valence-corrected chi connectivity index (χ0v) is 17.1. The first-order chi connectivity index (χ1) is 13.6. The zero-order chi connectivity index (χ0) is 19.7. The average Bonchev–Trinajstić information content (AvgIpc) is 2.76. The smallest absolute Gasteiger partial charge is 0.119 e. The summed E-state index contributed by atoms with van der Waals surface area (Å²) >= 11 is 0. The maximum atomic E-state index is 11.5. The predicted octanol–water partition coefficient (Wildman–Crippen LogP) is 4.52. The number of hydrogen-bond donors (Lipinski definition) is 1. The number of fused-ring (bicyclic) bond motifs is 4. The van der Waals surface area contributed by atoms with Crippen molar-refractivity contribution in [2.24, 2.45) is 11.8 Å². The van der Waals surface area contributed by atoms with Crippen LogP contribution in [0.4, 0.5) is 0 Å². The van der Waals surface area contributed by atoms with Gasteiger partial charge in [0.25, 0.3) is 0 Å². The predicted molar refractivity (Wildman–Crippen MR) is 114 cm³/mol. The quantitative estimate of drug-likeness (QED) is 0.718. The van der Waals surface area contributed by atoms with E-state index in [1.54, 1.807) is 7.11 Å². The van der Waals surface area contributed by atoms with Crippen molar-refractivity contribution in [2.75, 3.05) is 20.2 Å². The van der Waals surface area contributed by atoms with E-state index in [1.807, 2.05) is 18.2 Å². The highest BCUT2D eigenvalue weighted by molar-refractivity contribution is 5.84. The van der Waals surface area contributed by atoms with Gasteiger partial charge in [0.15, 0.2) is 0 Å². The number of piperidine rings is 3. The Labute approximate surface area is 168 Å². The van der Waals surface area contributed by atoms with Gasteiger partial charge in [0, 0.05) is 23.7 Å². The molecule has 5 rings (SSSR count). The number of pyridine rings is 1. The van der Waals surface area contributed by atoms with Crippen molar-refractivity contribution in [2.45, 2.75) is 51.2 Å².